The lowest BCUT2D eigenvalue weighted by Gasteiger charge is -1.98. The van der Waals surface area contributed by atoms with Crippen molar-refractivity contribution in [3.63, 3.8) is 0 Å². The highest BCUT2D eigenvalue weighted by Gasteiger charge is 2.11. The van der Waals surface area contributed by atoms with Gasteiger partial charge in [0.15, 0.2) is 0 Å². The van der Waals surface area contributed by atoms with Crippen LogP contribution in [0.4, 0.5) is 0 Å². The lowest BCUT2D eigenvalue weighted by atomic mass is 10.2. The first-order valence-electron chi connectivity index (χ1n) is 6.25. The van der Waals surface area contributed by atoms with Crippen molar-refractivity contribution in [3.05, 3.63) is 58.0 Å². The van der Waals surface area contributed by atoms with Crippen molar-refractivity contribution in [2.24, 2.45) is 0 Å². The standard InChI is InChI=1S/C16H11BrN2O2S/c1-2-6-21-16(20)12(9-18)8-14-10-22-15(19-14)11-4-3-5-13(17)7-11/h2-5,7-8,10H,1,6H2/b12-8+. The number of nitrogens with zero attached hydrogens (tertiary/aromatic N) is 2. The molecular weight excluding hydrogens is 364 g/mol. The number of carbonyl (C=O) groups is 1. The van der Waals surface area contributed by atoms with Crippen LogP contribution in [0.25, 0.3) is 16.6 Å². The Kier molecular flexibility index (Phi) is 5.64. The number of rotatable bonds is 5. The van der Waals surface area contributed by atoms with E-state index in [1.807, 2.05) is 30.3 Å². The fraction of sp³-hybridized carbons (Fsp3) is 0.0625. The summed E-state index contributed by atoms with van der Waals surface area (Å²) >= 11 is 4.85. The first-order chi connectivity index (χ1) is 10.6. The van der Waals surface area contributed by atoms with Crippen LogP contribution in [0.15, 0.2) is 52.3 Å². The maximum atomic E-state index is 11.7. The largest absolute Gasteiger partial charge is 0.457 e. The molecule has 0 atom stereocenters. The Morgan fingerprint density at radius 1 is 1.55 bits per heavy atom. The summed E-state index contributed by atoms with van der Waals surface area (Å²) in [6.45, 7) is 3.52. The van der Waals surface area contributed by atoms with E-state index in [-0.39, 0.29) is 12.2 Å². The maximum Gasteiger partial charge on any atom is 0.349 e. The SMILES string of the molecule is C=CCOC(=O)/C(C#N)=C/c1csc(-c2cccc(Br)c2)n1. The number of hydrogen-bond acceptors (Lipinski definition) is 5. The summed E-state index contributed by atoms with van der Waals surface area (Å²) in [6.07, 6.45) is 2.87. The lowest BCUT2D eigenvalue weighted by Crippen LogP contribution is -2.06. The minimum Gasteiger partial charge on any atom is -0.457 e. The maximum absolute atomic E-state index is 11.7. The van der Waals surface area contributed by atoms with Crippen LogP contribution in [0.3, 0.4) is 0 Å². The van der Waals surface area contributed by atoms with E-state index in [0.717, 1.165) is 15.0 Å². The zero-order valence-corrected chi connectivity index (χ0v) is 13.9. The zero-order valence-electron chi connectivity index (χ0n) is 11.5. The quantitative estimate of drug-likeness (QED) is 0.340. The molecule has 0 spiro atoms. The molecule has 22 heavy (non-hydrogen) atoms. The Morgan fingerprint density at radius 2 is 2.36 bits per heavy atom. The van der Waals surface area contributed by atoms with E-state index in [0.29, 0.717) is 5.69 Å². The van der Waals surface area contributed by atoms with Crippen LogP contribution in [0.2, 0.25) is 0 Å². The van der Waals surface area contributed by atoms with Crippen molar-refractivity contribution in [2.45, 2.75) is 0 Å². The van der Waals surface area contributed by atoms with Crippen LogP contribution in [0, 0.1) is 11.3 Å². The molecule has 0 amide bonds. The number of benzene rings is 1. The fourth-order valence-electron chi connectivity index (χ4n) is 1.60. The van der Waals surface area contributed by atoms with E-state index < -0.39 is 5.97 Å². The number of nitriles is 1. The molecule has 110 valence electrons. The highest BCUT2D eigenvalue weighted by Crippen LogP contribution is 2.26. The molecule has 6 heteroatoms. The minimum absolute atomic E-state index is 0.0677. The van der Waals surface area contributed by atoms with E-state index in [1.54, 1.807) is 5.38 Å². The van der Waals surface area contributed by atoms with E-state index >= 15 is 0 Å². The van der Waals surface area contributed by atoms with Crippen LogP contribution < -0.4 is 0 Å². The van der Waals surface area contributed by atoms with Gasteiger partial charge in [-0.15, -0.1) is 11.3 Å². The first kappa shape index (κ1) is 16.1. The van der Waals surface area contributed by atoms with Crippen LogP contribution >= 0.6 is 27.3 Å². The van der Waals surface area contributed by atoms with Crippen molar-refractivity contribution in [1.29, 1.82) is 5.26 Å². The predicted molar refractivity (Wildman–Crippen MR) is 90.0 cm³/mol. The molecular formula is C16H11BrN2O2S. The molecule has 0 aliphatic heterocycles. The van der Waals surface area contributed by atoms with E-state index in [4.69, 9.17) is 10.00 Å². The highest BCUT2D eigenvalue weighted by molar-refractivity contribution is 9.10. The van der Waals surface area contributed by atoms with Gasteiger partial charge >= 0.3 is 5.97 Å². The molecule has 1 aromatic carbocycles. The summed E-state index contributed by atoms with van der Waals surface area (Å²) < 4.78 is 5.81. The van der Waals surface area contributed by atoms with Gasteiger partial charge in [0.2, 0.25) is 0 Å². The highest BCUT2D eigenvalue weighted by atomic mass is 79.9. The predicted octanol–water partition coefficient (Wildman–Crippen LogP) is 4.21. The van der Waals surface area contributed by atoms with Gasteiger partial charge in [-0.05, 0) is 18.2 Å². The van der Waals surface area contributed by atoms with Crippen LogP contribution in [0.1, 0.15) is 5.69 Å². The zero-order chi connectivity index (χ0) is 15.9. The Hall–Kier alpha value is -2.23. The second-order valence-corrected chi connectivity index (χ2v) is 5.92. The van der Waals surface area contributed by atoms with Gasteiger partial charge in [0.05, 0.1) is 5.69 Å². The van der Waals surface area contributed by atoms with E-state index in [2.05, 4.69) is 27.5 Å². The molecule has 0 saturated heterocycles. The van der Waals surface area contributed by atoms with Crippen molar-refractivity contribution in [3.8, 4) is 16.6 Å². The third kappa shape index (κ3) is 4.13. The molecule has 0 radical (unpaired) electrons. The van der Waals surface area contributed by atoms with Crippen molar-refractivity contribution < 1.29 is 9.53 Å². The van der Waals surface area contributed by atoms with Crippen molar-refractivity contribution in [1.82, 2.24) is 4.98 Å². The summed E-state index contributed by atoms with van der Waals surface area (Å²) in [6, 6.07) is 9.58. The molecule has 4 nitrogen and oxygen atoms in total. The number of carbonyl (C=O) groups excluding carboxylic acids is 1. The summed E-state index contributed by atoms with van der Waals surface area (Å²) in [5.41, 5.74) is 1.42. The smallest absolute Gasteiger partial charge is 0.349 e. The van der Waals surface area contributed by atoms with E-state index in [9.17, 15) is 4.79 Å². The number of esters is 1. The molecule has 0 bridgehead atoms. The number of halogens is 1. The van der Waals surface area contributed by atoms with Gasteiger partial charge in [-0.25, -0.2) is 9.78 Å². The average molecular weight is 375 g/mol. The Morgan fingerprint density at radius 3 is 3.05 bits per heavy atom. The second-order valence-electron chi connectivity index (χ2n) is 4.14. The topological polar surface area (TPSA) is 63.0 Å². The van der Waals surface area contributed by atoms with Crippen LogP contribution in [-0.2, 0) is 9.53 Å². The Balaban J connectivity index is 2.23. The van der Waals surface area contributed by atoms with E-state index in [1.165, 1.54) is 23.5 Å². The molecule has 0 aliphatic carbocycles. The molecule has 2 aromatic rings. The molecule has 0 unspecified atom stereocenters. The van der Waals surface area contributed by atoms with Crippen LogP contribution in [-0.4, -0.2) is 17.6 Å². The molecule has 0 N–H and O–H groups in total. The number of hydrogen-bond donors (Lipinski definition) is 0. The third-order valence-electron chi connectivity index (χ3n) is 2.56. The molecule has 1 heterocycles. The summed E-state index contributed by atoms with van der Waals surface area (Å²) in [4.78, 5) is 16.1. The number of aromatic nitrogens is 1. The number of ether oxygens (including phenoxy) is 1. The molecule has 0 aliphatic rings. The van der Waals surface area contributed by atoms with Gasteiger partial charge in [-0.2, -0.15) is 5.26 Å². The van der Waals surface area contributed by atoms with Gasteiger partial charge in [0.25, 0.3) is 0 Å². The Labute approximate surface area is 140 Å². The van der Waals surface area contributed by atoms with Gasteiger partial charge in [0.1, 0.15) is 23.3 Å². The third-order valence-corrected chi connectivity index (χ3v) is 3.96. The van der Waals surface area contributed by atoms with Crippen molar-refractivity contribution in [2.75, 3.05) is 6.61 Å². The van der Waals surface area contributed by atoms with Crippen LogP contribution in [0.5, 0.6) is 0 Å². The Bertz CT molecular complexity index is 774. The van der Waals surface area contributed by atoms with Gasteiger partial charge < -0.3 is 4.74 Å². The summed E-state index contributed by atoms with van der Waals surface area (Å²) in [5, 5.41) is 11.6. The average Bonchev–Trinajstić information content (AvgIpc) is 2.99. The molecule has 2 rings (SSSR count). The normalized spacial score (nSPS) is 10.8. The molecule has 1 aromatic heterocycles. The van der Waals surface area contributed by atoms with Gasteiger partial charge in [-0.1, -0.05) is 40.7 Å². The summed E-state index contributed by atoms with van der Waals surface area (Å²) in [5.74, 6) is -0.681. The first-order valence-corrected chi connectivity index (χ1v) is 7.92. The van der Waals surface area contributed by atoms with Gasteiger partial charge in [-0.3, -0.25) is 0 Å². The fourth-order valence-corrected chi connectivity index (χ4v) is 2.78. The number of thiazole rings is 1. The second kappa shape index (κ2) is 7.69. The monoisotopic (exact) mass is 374 g/mol. The van der Waals surface area contributed by atoms with Crippen molar-refractivity contribution >= 4 is 39.3 Å². The summed E-state index contributed by atoms with van der Waals surface area (Å²) in [7, 11) is 0. The lowest BCUT2D eigenvalue weighted by molar-refractivity contribution is -0.137. The minimum atomic E-state index is -0.681. The molecule has 0 saturated carbocycles. The van der Waals surface area contributed by atoms with Gasteiger partial charge in [0, 0.05) is 15.4 Å². The molecule has 0 fully saturated rings.